The van der Waals surface area contributed by atoms with E-state index in [0.717, 1.165) is 5.56 Å². The summed E-state index contributed by atoms with van der Waals surface area (Å²) in [6.07, 6.45) is 1.04. The molecule has 6 nitrogen and oxygen atoms in total. The number of para-hydroxylation sites is 2. The Labute approximate surface area is 166 Å². The molecule has 1 N–H and O–H groups in total. The van der Waals surface area contributed by atoms with Crippen LogP contribution in [0.1, 0.15) is 25.3 Å². The standard InChI is InChI=1S/C21H26N2O4S/c1-3-28(25,26)23-14-12-17(13-15-23)21(24)22-19-6-4-5-7-20(19)27-18-10-8-16(2)9-11-18/h4-11,17H,3,12-15H2,1-2H3,(H,22,24). The van der Waals surface area contributed by atoms with Crippen molar-refractivity contribution in [3.8, 4) is 11.5 Å². The van der Waals surface area contributed by atoms with Gasteiger partial charge in [-0.2, -0.15) is 0 Å². The van der Waals surface area contributed by atoms with Gasteiger partial charge in [0, 0.05) is 19.0 Å². The van der Waals surface area contributed by atoms with Crippen LogP contribution >= 0.6 is 0 Å². The minimum atomic E-state index is -3.19. The normalized spacial score (nSPS) is 15.9. The van der Waals surface area contributed by atoms with E-state index in [-0.39, 0.29) is 17.6 Å². The number of benzene rings is 2. The van der Waals surface area contributed by atoms with Crippen molar-refractivity contribution in [2.24, 2.45) is 5.92 Å². The Morgan fingerprint density at radius 3 is 2.39 bits per heavy atom. The number of aryl methyl sites for hydroxylation is 1. The molecular weight excluding hydrogens is 376 g/mol. The van der Waals surface area contributed by atoms with Crippen LogP contribution in [0.4, 0.5) is 5.69 Å². The molecule has 7 heteroatoms. The molecule has 28 heavy (non-hydrogen) atoms. The summed E-state index contributed by atoms with van der Waals surface area (Å²) in [5.41, 5.74) is 1.75. The molecule has 1 aliphatic heterocycles. The van der Waals surface area contributed by atoms with E-state index < -0.39 is 10.0 Å². The third-order valence-electron chi connectivity index (χ3n) is 4.98. The number of hydrogen-bond acceptors (Lipinski definition) is 4. The Morgan fingerprint density at radius 1 is 1.11 bits per heavy atom. The Bertz CT molecular complexity index is 918. The molecule has 150 valence electrons. The maximum Gasteiger partial charge on any atom is 0.227 e. The quantitative estimate of drug-likeness (QED) is 0.798. The highest BCUT2D eigenvalue weighted by molar-refractivity contribution is 7.89. The number of amides is 1. The molecule has 0 aromatic heterocycles. The SMILES string of the molecule is CCS(=O)(=O)N1CCC(C(=O)Nc2ccccc2Oc2ccc(C)cc2)CC1. The molecule has 0 bridgehead atoms. The Morgan fingerprint density at radius 2 is 1.75 bits per heavy atom. The van der Waals surface area contributed by atoms with Crippen molar-refractivity contribution in [2.45, 2.75) is 26.7 Å². The minimum Gasteiger partial charge on any atom is -0.455 e. The van der Waals surface area contributed by atoms with Gasteiger partial charge in [-0.25, -0.2) is 12.7 Å². The molecule has 0 radical (unpaired) electrons. The predicted octanol–water partition coefficient (Wildman–Crippen LogP) is 3.79. The van der Waals surface area contributed by atoms with Crippen molar-refractivity contribution in [1.82, 2.24) is 4.31 Å². The van der Waals surface area contributed by atoms with Crippen molar-refractivity contribution in [2.75, 3.05) is 24.2 Å². The summed E-state index contributed by atoms with van der Waals surface area (Å²) in [6, 6.07) is 15.0. The molecule has 2 aromatic carbocycles. The second-order valence-corrected chi connectivity index (χ2v) is 9.23. The predicted molar refractivity (Wildman–Crippen MR) is 110 cm³/mol. The van der Waals surface area contributed by atoms with Crippen molar-refractivity contribution >= 4 is 21.6 Å². The Hall–Kier alpha value is -2.38. The molecule has 1 amide bonds. The monoisotopic (exact) mass is 402 g/mol. The van der Waals surface area contributed by atoms with Gasteiger partial charge in [0.1, 0.15) is 5.75 Å². The molecule has 1 fully saturated rings. The second-order valence-electron chi connectivity index (χ2n) is 6.97. The van der Waals surface area contributed by atoms with Crippen LogP contribution in [0.3, 0.4) is 0 Å². The Balaban J connectivity index is 1.64. The van der Waals surface area contributed by atoms with Crippen LogP contribution in [0.15, 0.2) is 48.5 Å². The number of carbonyl (C=O) groups is 1. The van der Waals surface area contributed by atoms with Gasteiger partial charge in [-0.05, 0) is 51.0 Å². The zero-order valence-corrected chi connectivity index (χ0v) is 17.0. The van der Waals surface area contributed by atoms with Crippen LogP contribution < -0.4 is 10.1 Å². The summed E-state index contributed by atoms with van der Waals surface area (Å²) in [5.74, 6) is 1.05. The average molecular weight is 403 g/mol. The van der Waals surface area contributed by atoms with Gasteiger partial charge in [-0.3, -0.25) is 4.79 Å². The van der Waals surface area contributed by atoms with Gasteiger partial charge in [-0.15, -0.1) is 0 Å². The number of rotatable bonds is 6. The number of piperidine rings is 1. The highest BCUT2D eigenvalue weighted by Crippen LogP contribution is 2.30. The van der Waals surface area contributed by atoms with Crippen LogP contribution in [0, 0.1) is 12.8 Å². The van der Waals surface area contributed by atoms with Crippen molar-refractivity contribution in [3.05, 3.63) is 54.1 Å². The van der Waals surface area contributed by atoms with E-state index in [1.165, 1.54) is 4.31 Å². The van der Waals surface area contributed by atoms with Gasteiger partial charge < -0.3 is 10.1 Å². The van der Waals surface area contributed by atoms with Gasteiger partial charge >= 0.3 is 0 Å². The van der Waals surface area contributed by atoms with E-state index in [0.29, 0.717) is 43.1 Å². The molecule has 3 rings (SSSR count). The van der Waals surface area contributed by atoms with Gasteiger partial charge in [0.15, 0.2) is 5.75 Å². The lowest BCUT2D eigenvalue weighted by atomic mass is 9.97. The highest BCUT2D eigenvalue weighted by Gasteiger charge is 2.30. The number of sulfonamides is 1. The zero-order valence-electron chi connectivity index (χ0n) is 16.2. The first-order valence-electron chi connectivity index (χ1n) is 9.51. The molecule has 0 spiro atoms. The summed E-state index contributed by atoms with van der Waals surface area (Å²) in [7, 11) is -3.19. The number of nitrogens with one attached hydrogen (secondary N) is 1. The van der Waals surface area contributed by atoms with Crippen LogP contribution in [-0.4, -0.2) is 37.5 Å². The highest BCUT2D eigenvalue weighted by atomic mass is 32.2. The van der Waals surface area contributed by atoms with Gasteiger partial charge in [0.05, 0.1) is 11.4 Å². The third-order valence-corrected chi connectivity index (χ3v) is 6.86. The smallest absolute Gasteiger partial charge is 0.227 e. The third kappa shape index (κ3) is 4.91. The molecule has 1 heterocycles. The summed E-state index contributed by atoms with van der Waals surface area (Å²) in [5, 5.41) is 2.95. The maximum atomic E-state index is 12.7. The largest absolute Gasteiger partial charge is 0.455 e. The number of carbonyl (C=O) groups excluding carboxylic acids is 1. The fraction of sp³-hybridized carbons (Fsp3) is 0.381. The topological polar surface area (TPSA) is 75.7 Å². The van der Waals surface area contributed by atoms with Crippen molar-refractivity contribution in [3.63, 3.8) is 0 Å². The van der Waals surface area contributed by atoms with Crippen LogP contribution in [0.25, 0.3) is 0 Å². The molecule has 0 saturated carbocycles. The van der Waals surface area contributed by atoms with E-state index in [9.17, 15) is 13.2 Å². The van der Waals surface area contributed by atoms with E-state index >= 15 is 0 Å². The number of nitrogens with zero attached hydrogens (tertiary/aromatic N) is 1. The summed E-state index contributed by atoms with van der Waals surface area (Å²) in [6.45, 7) is 4.42. The van der Waals surface area contributed by atoms with Crippen LogP contribution in [-0.2, 0) is 14.8 Å². The van der Waals surface area contributed by atoms with Gasteiger partial charge in [0.25, 0.3) is 0 Å². The zero-order chi connectivity index (χ0) is 20.1. The number of hydrogen-bond donors (Lipinski definition) is 1. The molecule has 0 unspecified atom stereocenters. The van der Waals surface area contributed by atoms with E-state index in [1.54, 1.807) is 13.0 Å². The first kappa shape index (κ1) is 20.4. The summed E-state index contributed by atoms with van der Waals surface area (Å²) < 4.78 is 31.3. The minimum absolute atomic E-state index is 0.0909. The molecule has 1 aliphatic rings. The average Bonchev–Trinajstić information content (AvgIpc) is 2.71. The van der Waals surface area contributed by atoms with Crippen molar-refractivity contribution < 1.29 is 17.9 Å². The molecule has 1 saturated heterocycles. The molecule has 2 aromatic rings. The fourth-order valence-electron chi connectivity index (χ4n) is 3.21. The van der Waals surface area contributed by atoms with Crippen molar-refractivity contribution in [1.29, 1.82) is 0 Å². The lowest BCUT2D eigenvalue weighted by Crippen LogP contribution is -2.42. The van der Waals surface area contributed by atoms with E-state index in [1.807, 2.05) is 49.4 Å². The second kappa shape index (κ2) is 8.75. The number of anilines is 1. The molecular formula is C21H26N2O4S. The molecule has 0 aliphatic carbocycles. The van der Waals surface area contributed by atoms with E-state index in [4.69, 9.17) is 4.74 Å². The fourth-order valence-corrected chi connectivity index (χ4v) is 4.34. The first-order chi connectivity index (χ1) is 13.4. The lowest BCUT2D eigenvalue weighted by molar-refractivity contribution is -0.120. The van der Waals surface area contributed by atoms with Gasteiger partial charge in [-0.1, -0.05) is 29.8 Å². The Kier molecular flexibility index (Phi) is 6.36. The molecule has 0 atom stereocenters. The van der Waals surface area contributed by atoms with Gasteiger partial charge in [0.2, 0.25) is 15.9 Å². The summed E-state index contributed by atoms with van der Waals surface area (Å²) >= 11 is 0. The maximum absolute atomic E-state index is 12.7. The van der Waals surface area contributed by atoms with Crippen LogP contribution in [0.2, 0.25) is 0 Å². The first-order valence-corrected chi connectivity index (χ1v) is 11.1. The number of ether oxygens (including phenoxy) is 1. The summed E-state index contributed by atoms with van der Waals surface area (Å²) in [4.78, 5) is 12.7. The van der Waals surface area contributed by atoms with Crippen LogP contribution in [0.5, 0.6) is 11.5 Å². The van der Waals surface area contributed by atoms with E-state index in [2.05, 4.69) is 5.32 Å². The lowest BCUT2D eigenvalue weighted by Gasteiger charge is -2.30.